The molecule has 4 aromatic rings. The number of aromatic amines is 1. The van der Waals surface area contributed by atoms with E-state index in [0.717, 1.165) is 44.7 Å². The van der Waals surface area contributed by atoms with E-state index in [-0.39, 0.29) is 0 Å². The van der Waals surface area contributed by atoms with Crippen LogP contribution in [0.2, 0.25) is 0 Å². The Morgan fingerprint density at radius 3 is 2.37 bits per heavy atom. The topological polar surface area (TPSA) is 37.9 Å². The van der Waals surface area contributed by atoms with Crippen molar-refractivity contribution in [3.05, 3.63) is 90.5 Å². The minimum Gasteiger partial charge on any atom is -0.497 e. The van der Waals surface area contributed by atoms with Crippen molar-refractivity contribution in [2.75, 3.05) is 7.11 Å². The third-order valence-corrected chi connectivity index (χ3v) is 5.15. The number of ether oxygens (including phenoxy) is 1. The minimum absolute atomic E-state index is 0.771. The summed E-state index contributed by atoms with van der Waals surface area (Å²) in [6, 6.07) is 29.7. The Hall–Kier alpha value is -2.98. The number of methoxy groups -OCH3 is 1. The first-order valence-corrected chi connectivity index (χ1v) is 9.70. The van der Waals surface area contributed by atoms with Crippen LogP contribution in [-0.4, -0.2) is 17.1 Å². The first kappa shape index (κ1) is 17.4. The number of benzene rings is 3. The number of hydrogen-bond acceptors (Lipinski definition) is 3. The molecule has 27 heavy (non-hydrogen) atoms. The van der Waals surface area contributed by atoms with Gasteiger partial charge in [-0.25, -0.2) is 4.98 Å². The quantitative estimate of drug-likeness (QED) is 0.432. The molecule has 1 heterocycles. The smallest absolute Gasteiger partial charge is 0.166 e. The largest absolute Gasteiger partial charge is 0.497 e. The zero-order valence-electron chi connectivity index (χ0n) is 15.0. The standard InChI is InChI=1S/C23H19N2OS/c1-26-20-14-8-9-17(15-20)16-27-23-24-21(18-10-4-2-5-11-18)22(25-23)19-12-6-3-7-13-19/h2-8,10-15H,16H2,1H3,(H,24,25). The average Bonchev–Trinajstić information content (AvgIpc) is 3.18. The highest BCUT2D eigenvalue weighted by Gasteiger charge is 2.14. The fraction of sp³-hybridized carbons (Fsp3) is 0.0870. The maximum atomic E-state index is 5.29. The van der Waals surface area contributed by atoms with E-state index < -0.39 is 0 Å². The van der Waals surface area contributed by atoms with Gasteiger partial charge >= 0.3 is 0 Å². The Balaban J connectivity index is 1.65. The highest BCUT2D eigenvalue weighted by atomic mass is 32.2. The number of thioether (sulfide) groups is 1. The molecule has 0 fully saturated rings. The van der Waals surface area contributed by atoms with Crippen molar-refractivity contribution in [3.63, 3.8) is 0 Å². The Labute approximate surface area is 163 Å². The van der Waals surface area contributed by atoms with Crippen molar-refractivity contribution in [2.24, 2.45) is 0 Å². The molecule has 3 nitrogen and oxygen atoms in total. The summed E-state index contributed by atoms with van der Waals surface area (Å²) < 4.78 is 5.29. The number of aromatic nitrogens is 2. The predicted molar refractivity (Wildman–Crippen MR) is 111 cm³/mol. The molecule has 0 atom stereocenters. The van der Waals surface area contributed by atoms with Crippen LogP contribution in [0.25, 0.3) is 22.5 Å². The third kappa shape index (κ3) is 4.07. The van der Waals surface area contributed by atoms with Crippen LogP contribution in [0.5, 0.6) is 5.75 Å². The molecule has 4 heteroatoms. The molecule has 0 unspecified atom stereocenters. The number of H-pyrrole nitrogens is 1. The number of rotatable bonds is 6. The van der Waals surface area contributed by atoms with Gasteiger partial charge in [-0.3, -0.25) is 0 Å². The fourth-order valence-corrected chi connectivity index (χ4v) is 3.68. The normalized spacial score (nSPS) is 10.7. The van der Waals surface area contributed by atoms with E-state index in [1.54, 1.807) is 18.9 Å². The lowest BCUT2D eigenvalue weighted by molar-refractivity contribution is 0.414. The number of imidazole rings is 1. The van der Waals surface area contributed by atoms with Crippen molar-refractivity contribution in [3.8, 4) is 28.3 Å². The van der Waals surface area contributed by atoms with Gasteiger partial charge in [0, 0.05) is 16.9 Å². The second-order valence-electron chi connectivity index (χ2n) is 6.04. The lowest BCUT2D eigenvalue weighted by atomic mass is 10.1. The molecule has 3 aromatic carbocycles. The maximum absolute atomic E-state index is 5.29. The summed E-state index contributed by atoms with van der Waals surface area (Å²) in [6.07, 6.45) is 0. The van der Waals surface area contributed by atoms with Gasteiger partial charge in [0.25, 0.3) is 0 Å². The molecule has 0 bridgehead atoms. The van der Waals surface area contributed by atoms with Gasteiger partial charge < -0.3 is 9.72 Å². The van der Waals surface area contributed by atoms with Crippen LogP contribution in [0, 0.1) is 6.07 Å². The molecule has 4 rings (SSSR count). The lowest BCUT2D eigenvalue weighted by Crippen LogP contribution is -1.86. The highest BCUT2D eigenvalue weighted by molar-refractivity contribution is 7.98. The molecule has 0 saturated heterocycles. The summed E-state index contributed by atoms with van der Waals surface area (Å²) in [6.45, 7) is 0. The minimum atomic E-state index is 0.771. The summed E-state index contributed by atoms with van der Waals surface area (Å²) in [4.78, 5) is 8.38. The summed E-state index contributed by atoms with van der Waals surface area (Å²) in [5.74, 6) is 1.62. The zero-order valence-corrected chi connectivity index (χ0v) is 15.8. The Bertz CT molecular complexity index is 956. The van der Waals surface area contributed by atoms with E-state index in [4.69, 9.17) is 9.72 Å². The molecular weight excluding hydrogens is 352 g/mol. The van der Waals surface area contributed by atoms with Crippen LogP contribution < -0.4 is 4.74 Å². The van der Waals surface area contributed by atoms with E-state index in [2.05, 4.69) is 35.3 Å². The first-order valence-electron chi connectivity index (χ1n) is 8.72. The predicted octanol–water partition coefficient (Wildman–Crippen LogP) is 5.84. The van der Waals surface area contributed by atoms with Crippen LogP contribution in [0.4, 0.5) is 0 Å². The van der Waals surface area contributed by atoms with Gasteiger partial charge in [-0.1, -0.05) is 78.5 Å². The van der Waals surface area contributed by atoms with E-state index in [0.29, 0.717) is 0 Å². The molecule has 133 valence electrons. The molecule has 0 aliphatic carbocycles. The van der Waals surface area contributed by atoms with Gasteiger partial charge in [0.1, 0.15) is 5.75 Å². The SMILES string of the molecule is COc1cc[c]c(CSc2nc(-c3ccccc3)c(-c3ccccc3)[nH]2)c1. The van der Waals surface area contributed by atoms with Gasteiger partial charge in [0.05, 0.1) is 18.5 Å². The van der Waals surface area contributed by atoms with Crippen LogP contribution in [0.15, 0.2) is 84.0 Å². The molecule has 1 radical (unpaired) electrons. The second kappa shape index (κ2) is 8.14. The molecule has 1 aromatic heterocycles. The van der Waals surface area contributed by atoms with Crippen molar-refractivity contribution >= 4 is 11.8 Å². The summed E-state index contributed by atoms with van der Waals surface area (Å²) in [5.41, 5.74) is 5.33. The Kier molecular flexibility index (Phi) is 5.26. The van der Waals surface area contributed by atoms with Gasteiger partial charge in [0.2, 0.25) is 0 Å². The molecule has 0 aliphatic rings. The second-order valence-corrected chi connectivity index (χ2v) is 7.00. The summed E-state index contributed by atoms with van der Waals surface area (Å²) in [7, 11) is 1.68. The van der Waals surface area contributed by atoms with E-state index in [1.165, 1.54) is 0 Å². The van der Waals surface area contributed by atoms with Gasteiger partial charge in [-0.2, -0.15) is 0 Å². The fourth-order valence-electron chi connectivity index (χ4n) is 2.89. The van der Waals surface area contributed by atoms with Crippen LogP contribution in [0.1, 0.15) is 5.56 Å². The number of nitrogens with zero attached hydrogens (tertiary/aromatic N) is 1. The molecule has 0 spiro atoms. The summed E-state index contributed by atoms with van der Waals surface area (Å²) in [5, 5.41) is 0.893. The van der Waals surface area contributed by atoms with Crippen molar-refractivity contribution < 1.29 is 4.74 Å². The summed E-state index contributed by atoms with van der Waals surface area (Å²) >= 11 is 1.66. The van der Waals surface area contributed by atoms with E-state index in [1.807, 2.05) is 54.6 Å². The Morgan fingerprint density at radius 2 is 1.67 bits per heavy atom. The first-order chi connectivity index (χ1) is 13.3. The maximum Gasteiger partial charge on any atom is 0.166 e. The zero-order chi connectivity index (χ0) is 18.5. The van der Waals surface area contributed by atoms with Crippen LogP contribution in [-0.2, 0) is 5.75 Å². The molecule has 0 amide bonds. The average molecular weight is 371 g/mol. The van der Waals surface area contributed by atoms with Crippen molar-refractivity contribution in [2.45, 2.75) is 10.9 Å². The number of hydrogen-bond donors (Lipinski definition) is 1. The van der Waals surface area contributed by atoms with Crippen molar-refractivity contribution in [1.82, 2.24) is 9.97 Å². The molecular formula is C23H19N2OS. The Morgan fingerprint density at radius 1 is 0.963 bits per heavy atom. The van der Waals surface area contributed by atoms with E-state index in [9.17, 15) is 0 Å². The third-order valence-electron chi connectivity index (χ3n) is 4.22. The highest BCUT2D eigenvalue weighted by Crippen LogP contribution is 2.33. The molecule has 0 aliphatic heterocycles. The number of nitrogens with one attached hydrogen (secondary N) is 1. The lowest BCUT2D eigenvalue weighted by Gasteiger charge is -2.02. The van der Waals surface area contributed by atoms with Crippen LogP contribution in [0.3, 0.4) is 0 Å². The van der Waals surface area contributed by atoms with Crippen LogP contribution >= 0.6 is 11.8 Å². The van der Waals surface area contributed by atoms with E-state index >= 15 is 0 Å². The van der Waals surface area contributed by atoms with Gasteiger partial charge in [0.15, 0.2) is 5.16 Å². The molecule has 0 saturated carbocycles. The van der Waals surface area contributed by atoms with Gasteiger partial charge in [-0.15, -0.1) is 0 Å². The monoisotopic (exact) mass is 371 g/mol. The van der Waals surface area contributed by atoms with Gasteiger partial charge in [-0.05, 0) is 23.8 Å². The molecule has 1 N–H and O–H groups in total. The van der Waals surface area contributed by atoms with Crippen molar-refractivity contribution in [1.29, 1.82) is 0 Å².